The summed E-state index contributed by atoms with van der Waals surface area (Å²) < 4.78 is 30.6. The molecule has 0 aliphatic carbocycles. The van der Waals surface area contributed by atoms with E-state index in [0.717, 1.165) is 122 Å². The molecule has 9 nitrogen and oxygen atoms in total. The van der Waals surface area contributed by atoms with Crippen molar-refractivity contribution in [3.05, 3.63) is 134 Å². The number of hydrogen-bond acceptors (Lipinski definition) is 6. The van der Waals surface area contributed by atoms with Gasteiger partial charge in [0.25, 0.3) is 0 Å². The van der Waals surface area contributed by atoms with Crippen LogP contribution in [0.25, 0.3) is 0 Å². The number of nitrogens with one attached hydrogen (secondary N) is 1. The van der Waals surface area contributed by atoms with Crippen LogP contribution in [0.5, 0.6) is 0 Å². The number of carbonyl (C=O) groups is 2. The van der Waals surface area contributed by atoms with Crippen LogP contribution in [0.15, 0.2) is 134 Å². The zero-order valence-corrected chi connectivity index (χ0v) is 52.2. The van der Waals surface area contributed by atoms with E-state index in [4.69, 9.17) is 13.8 Å². The van der Waals surface area contributed by atoms with Crippen molar-refractivity contribution in [3.63, 3.8) is 0 Å². The van der Waals surface area contributed by atoms with Gasteiger partial charge in [-0.2, -0.15) is 0 Å². The molecule has 0 aliphatic heterocycles. The first kappa shape index (κ1) is 75.2. The van der Waals surface area contributed by atoms with Crippen LogP contribution in [0, 0.1) is 0 Å². The number of phosphoric acid groups is 1. The van der Waals surface area contributed by atoms with Crippen molar-refractivity contribution in [3.8, 4) is 0 Å². The maximum absolute atomic E-state index is 13.5. The van der Waals surface area contributed by atoms with E-state index in [0.29, 0.717) is 23.9 Å². The normalized spacial score (nSPS) is 14.6. The van der Waals surface area contributed by atoms with Gasteiger partial charge in [-0.3, -0.25) is 18.6 Å². The van der Waals surface area contributed by atoms with E-state index in [1.54, 1.807) is 0 Å². The monoisotopic (exact) mass is 1120 g/mol. The third-order valence-electron chi connectivity index (χ3n) is 13.1. The van der Waals surface area contributed by atoms with Crippen LogP contribution in [0.4, 0.5) is 0 Å². The van der Waals surface area contributed by atoms with Gasteiger partial charge in [0.05, 0.1) is 33.8 Å². The standard InChI is InChI=1S/C69H117N2O7P/c1-7-10-13-16-19-22-25-27-29-31-33-34-35-36-38-40-42-44-47-50-53-56-59-62-69(73)78-67(60-57-54-51-48-45-24-21-18-15-12-9-3)66(65-77-79(74,75)76-64-63-71(4,5)6)70-68(72)61-58-55-52-49-46-43-41-39-37-32-30-28-26-23-20-17-14-11-8-2/h10,13,19-20,22-23,27-30,33-34,36-39,42-44,46,57,60,66-67H,7-9,11-12,14-18,21,24-26,31-32,35,40-41,45,47-56,58-59,61-65H2,1-6H3,(H-,70,72,74,75)/p+1/b13-10-,22-19-,23-20-,29-27-,30-28-,34-33-,38-36-,39-37-,44-42-,46-43-,60-57+. The molecule has 0 saturated heterocycles. The van der Waals surface area contributed by atoms with E-state index in [-0.39, 0.29) is 37.9 Å². The van der Waals surface area contributed by atoms with E-state index in [1.165, 1.54) is 70.6 Å². The maximum Gasteiger partial charge on any atom is 0.472 e. The summed E-state index contributed by atoms with van der Waals surface area (Å²) in [7, 11) is 1.44. The Hall–Kier alpha value is -3.85. The molecule has 0 aliphatic rings. The first-order valence-corrected chi connectivity index (χ1v) is 33.0. The second kappa shape index (κ2) is 57.4. The first-order chi connectivity index (χ1) is 38.4. The third-order valence-corrected chi connectivity index (χ3v) is 14.1. The lowest BCUT2D eigenvalue weighted by molar-refractivity contribution is -0.870. The van der Waals surface area contributed by atoms with Crippen LogP contribution in [-0.4, -0.2) is 74.3 Å². The number of esters is 1. The zero-order valence-electron chi connectivity index (χ0n) is 51.3. The minimum atomic E-state index is -4.47. The topological polar surface area (TPSA) is 111 Å². The van der Waals surface area contributed by atoms with Crippen LogP contribution in [0.1, 0.15) is 239 Å². The van der Waals surface area contributed by atoms with Crippen LogP contribution in [0.3, 0.4) is 0 Å². The Balaban J connectivity index is 5.33. The molecule has 0 bridgehead atoms. The van der Waals surface area contributed by atoms with Crippen LogP contribution in [-0.2, 0) is 27.9 Å². The number of hydrogen-bond donors (Lipinski definition) is 2. The molecule has 79 heavy (non-hydrogen) atoms. The van der Waals surface area contributed by atoms with E-state index < -0.39 is 20.0 Å². The highest BCUT2D eigenvalue weighted by Crippen LogP contribution is 2.43. The van der Waals surface area contributed by atoms with E-state index >= 15 is 0 Å². The molecule has 0 spiro atoms. The van der Waals surface area contributed by atoms with Crippen molar-refractivity contribution in [2.75, 3.05) is 40.9 Å². The van der Waals surface area contributed by atoms with Crippen LogP contribution in [0.2, 0.25) is 0 Å². The molecule has 0 aromatic carbocycles. The predicted octanol–water partition coefficient (Wildman–Crippen LogP) is 19.7. The average molecular weight is 1120 g/mol. The molecule has 0 saturated carbocycles. The number of ether oxygens (including phenoxy) is 1. The smallest absolute Gasteiger partial charge is 0.456 e. The number of likely N-dealkylation sites (N-methyl/N-ethyl adjacent to an activating group) is 1. The van der Waals surface area contributed by atoms with Crippen molar-refractivity contribution < 1.29 is 37.3 Å². The number of unbranched alkanes of at least 4 members (excludes halogenated alkanes) is 19. The summed E-state index contributed by atoms with van der Waals surface area (Å²) in [5.74, 6) is -0.581. The van der Waals surface area contributed by atoms with Gasteiger partial charge < -0.3 is 19.4 Å². The van der Waals surface area contributed by atoms with Gasteiger partial charge in [0.1, 0.15) is 19.3 Å². The van der Waals surface area contributed by atoms with E-state index in [9.17, 15) is 19.0 Å². The number of nitrogens with zero attached hydrogens (tertiary/aromatic N) is 1. The van der Waals surface area contributed by atoms with Crippen molar-refractivity contribution in [2.45, 2.75) is 251 Å². The number of carbonyl (C=O) groups excluding carboxylic acids is 2. The molecule has 3 atom stereocenters. The van der Waals surface area contributed by atoms with Crippen LogP contribution >= 0.6 is 7.82 Å². The number of rotatable bonds is 55. The Bertz CT molecular complexity index is 1810. The molecule has 2 N–H and O–H groups in total. The van der Waals surface area contributed by atoms with Gasteiger partial charge in [-0.15, -0.1) is 0 Å². The van der Waals surface area contributed by atoms with Gasteiger partial charge in [-0.05, 0) is 128 Å². The molecular weight excluding hydrogens is 1000 g/mol. The van der Waals surface area contributed by atoms with E-state index in [1.807, 2.05) is 33.3 Å². The lowest BCUT2D eigenvalue weighted by atomic mass is 10.1. The quantitative estimate of drug-likeness (QED) is 0.0205. The Kier molecular flexibility index (Phi) is 54.6. The fourth-order valence-corrected chi connectivity index (χ4v) is 8.95. The number of phosphoric ester groups is 1. The molecule has 0 fully saturated rings. The molecule has 0 aromatic heterocycles. The number of amides is 1. The van der Waals surface area contributed by atoms with Gasteiger partial charge >= 0.3 is 13.8 Å². The molecule has 0 heterocycles. The molecule has 10 heteroatoms. The Morgan fingerprint density at radius 3 is 1.25 bits per heavy atom. The van der Waals surface area contributed by atoms with Crippen molar-refractivity contribution >= 4 is 19.7 Å². The molecule has 450 valence electrons. The Morgan fingerprint density at radius 1 is 0.456 bits per heavy atom. The Labute approximate surface area is 485 Å². The lowest BCUT2D eigenvalue weighted by Gasteiger charge is -2.27. The summed E-state index contributed by atoms with van der Waals surface area (Å²) in [5.41, 5.74) is 0. The molecule has 0 aromatic rings. The maximum atomic E-state index is 13.5. The van der Waals surface area contributed by atoms with Gasteiger partial charge in [0.15, 0.2) is 0 Å². The van der Waals surface area contributed by atoms with E-state index in [2.05, 4.69) is 148 Å². The summed E-state index contributed by atoms with van der Waals surface area (Å²) in [6.07, 6.45) is 81.7. The summed E-state index contributed by atoms with van der Waals surface area (Å²) in [5, 5.41) is 3.03. The lowest BCUT2D eigenvalue weighted by Crippen LogP contribution is -2.47. The van der Waals surface area contributed by atoms with Crippen molar-refractivity contribution in [1.82, 2.24) is 5.32 Å². The summed E-state index contributed by atoms with van der Waals surface area (Å²) in [6, 6.07) is -0.886. The second-order valence-electron chi connectivity index (χ2n) is 21.8. The van der Waals surface area contributed by atoms with Crippen LogP contribution < -0.4 is 5.32 Å². The molecule has 1 amide bonds. The second-order valence-corrected chi connectivity index (χ2v) is 23.3. The molecule has 0 radical (unpaired) electrons. The summed E-state index contributed by atoms with van der Waals surface area (Å²) in [4.78, 5) is 37.7. The summed E-state index contributed by atoms with van der Waals surface area (Å²) in [6.45, 7) is 6.80. The van der Waals surface area contributed by atoms with Crippen molar-refractivity contribution in [2.24, 2.45) is 0 Å². The van der Waals surface area contributed by atoms with Gasteiger partial charge in [0, 0.05) is 12.8 Å². The third kappa shape index (κ3) is 58.6. The first-order valence-electron chi connectivity index (χ1n) is 31.5. The number of allylic oxidation sites excluding steroid dienone is 21. The predicted molar refractivity (Wildman–Crippen MR) is 341 cm³/mol. The van der Waals surface area contributed by atoms with Gasteiger partial charge in [0.2, 0.25) is 5.91 Å². The minimum absolute atomic E-state index is 0.0216. The molecule has 3 unspecified atom stereocenters. The minimum Gasteiger partial charge on any atom is -0.456 e. The molecular formula is C69H118N2O7P+. The zero-order chi connectivity index (χ0) is 57.9. The fraction of sp³-hybridized carbons (Fsp3) is 0.652. The van der Waals surface area contributed by atoms with Crippen molar-refractivity contribution in [1.29, 1.82) is 0 Å². The highest BCUT2D eigenvalue weighted by atomic mass is 31.2. The largest absolute Gasteiger partial charge is 0.472 e. The fourth-order valence-electron chi connectivity index (χ4n) is 8.22. The number of quaternary nitrogens is 1. The summed E-state index contributed by atoms with van der Waals surface area (Å²) >= 11 is 0. The highest BCUT2D eigenvalue weighted by Gasteiger charge is 2.30. The van der Waals surface area contributed by atoms with Gasteiger partial charge in [-0.25, -0.2) is 4.57 Å². The molecule has 0 rings (SSSR count). The van der Waals surface area contributed by atoms with Gasteiger partial charge in [-0.1, -0.05) is 232 Å². The highest BCUT2D eigenvalue weighted by molar-refractivity contribution is 7.47. The Morgan fingerprint density at radius 2 is 0.810 bits per heavy atom. The average Bonchev–Trinajstić information content (AvgIpc) is 3.41. The SMILES string of the molecule is CC/C=C\C/C=C\C/C=C\C/C=C\C/C=C\C/C=C\CCCCCCC(=O)OC(/C=C/CCCCCCCCCCC)C(COP(=O)(O)OCC[N+](C)(C)C)NC(=O)CCCCC/C=C\C/C=C\C/C=C\C/C=C\CCCCC.